The molecule has 1 aliphatic rings. The van der Waals surface area contributed by atoms with Crippen molar-refractivity contribution in [2.75, 3.05) is 13.2 Å². The predicted octanol–water partition coefficient (Wildman–Crippen LogP) is 0.244. The zero-order valence-corrected chi connectivity index (χ0v) is 11.7. The fraction of sp³-hybridized carbons (Fsp3) is 0.583. The van der Waals surface area contributed by atoms with Gasteiger partial charge in [-0.3, -0.25) is 4.98 Å². The fourth-order valence-corrected chi connectivity index (χ4v) is 3.69. The Morgan fingerprint density at radius 2 is 2.42 bits per heavy atom. The van der Waals surface area contributed by atoms with Crippen molar-refractivity contribution in [3.8, 4) is 0 Å². The van der Waals surface area contributed by atoms with Crippen LogP contribution in [0.5, 0.6) is 0 Å². The highest BCUT2D eigenvalue weighted by molar-refractivity contribution is 7.89. The lowest BCUT2D eigenvalue weighted by atomic mass is 10.0. The molecule has 1 aliphatic heterocycles. The van der Waals surface area contributed by atoms with Crippen LogP contribution in [0.4, 0.5) is 0 Å². The molecule has 3 N–H and O–H groups in total. The molecule has 1 aromatic heterocycles. The number of pyridine rings is 1. The first-order valence-electron chi connectivity index (χ1n) is 6.28. The molecule has 19 heavy (non-hydrogen) atoms. The van der Waals surface area contributed by atoms with E-state index in [-0.39, 0.29) is 23.4 Å². The highest BCUT2D eigenvalue weighted by atomic mass is 32.2. The zero-order chi connectivity index (χ0) is 13.9. The normalized spacial score (nSPS) is 21.5. The van der Waals surface area contributed by atoms with Gasteiger partial charge in [0.25, 0.3) is 0 Å². The summed E-state index contributed by atoms with van der Waals surface area (Å²) in [5, 5.41) is 0. The average Bonchev–Trinajstić information content (AvgIpc) is 2.92. The van der Waals surface area contributed by atoms with Crippen LogP contribution in [-0.4, -0.2) is 32.7 Å². The summed E-state index contributed by atoms with van der Waals surface area (Å²) in [4.78, 5) is 4.16. The Labute approximate surface area is 113 Å². The van der Waals surface area contributed by atoms with E-state index in [9.17, 15) is 8.42 Å². The van der Waals surface area contributed by atoms with E-state index in [2.05, 4.69) is 9.71 Å². The van der Waals surface area contributed by atoms with Crippen molar-refractivity contribution >= 4 is 10.0 Å². The van der Waals surface area contributed by atoms with E-state index in [4.69, 9.17) is 10.5 Å². The maximum atomic E-state index is 12.3. The Balaban J connectivity index is 2.17. The van der Waals surface area contributed by atoms with Crippen LogP contribution in [0.1, 0.15) is 19.0 Å². The first-order valence-corrected chi connectivity index (χ1v) is 7.77. The molecule has 0 bridgehead atoms. The van der Waals surface area contributed by atoms with Gasteiger partial charge in [-0.1, -0.05) is 0 Å². The van der Waals surface area contributed by atoms with Crippen molar-refractivity contribution in [3.05, 3.63) is 24.0 Å². The van der Waals surface area contributed by atoms with E-state index in [1.807, 2.05) is 6.92 Å². The maximum Gasteiger partial charge on any atom is 0.242 e. The molecule has 2 unspecified atom stereocenters. The molecule has 0 aliphatic carbocycles. The number of nitrogens with two attached hydrogens (primary N) is 1. The van der Waals surface area contributed by atoms with E-state index >= 15 is 0 Å². The molecular weight excluding hydrogens is 266 g/mol. The lowest BCUT2D eigenvalue weighted by molar-refractivity contribution is 0.180. The van der Waals surface area contributed by atoms with Gasteiger partial charge < -0.3 is 10.5 Å². The van der Waals surface area contributed by atoms with Crippen molar-refractivity contribution in [1.29, 1.82) is 0 Å². The van der Waals surface area contributed by atoms with E-state index in [0.29, 0.717) is 18.9 Å². The molecule has 6 nitrogen and oxygen atoms in total. The van der Waals surface area contributed by atoms with Gasteiger partial charge in [-0.15, -0.1) is 0 Å². The maximum absolute atomic E-state index is 12.3. The van der Waals surface area contributed by atoms with Gasteiger partial charge in [-0.2, -0.15) is 0 Å². The second kappa shape index (κ2) is 5.96. The van der Waals surface area contributed by atoms with Gasteiger partial charge in [0.1, 0.15) is 4.90 Å². The Bertz CT molecular complexity index is 527. The molecule has 7 heteroatoms. The number of ether oxygens (including phenoxy) is 1. The molecule has 2 heterocycles. The van der Waals surface area contributed by atoms with E-state index in [1.54, 1.807) is 6.07 Å². The Kier molecular flexibility index (Phi) is 4.51. The molecular formula is C12H19N3O3S. The highest BCUT2D eigenvalue weighted by Gasteiger charge is 2.27. The summed E-state index contributed by atoms with van der Waals surface area (Å²) in [5.41, 5.74) is 5.91. The Hall–Kier alpha value is -1.02. The molecule has 0 saturated carbocycles. The third-order valence-electron chi connectivity index (χ3n) is 3.34. The van der Waals surface area contributed by atoms with Crippen molar-refractivity contribution < 1.29 is 13.2 Å². The topological polar surface area (TPSA) is 94.3 Å². The number of nitrogens with one attached hydrogen (secondary N) is 1. The molecule has 2 atom stereocenters. The molecule has 1 fully saturated rings. The number of hydrogen-bond acceptors (Lipinski definition) is 5. The minimum Gasteiger partial charge on any atom is -0.381 e. The number of rotatable bonds is 5. The predicted molar refractivity (Wildman–Crippen MR) is 70.8 cm³/mol. The Morgan fingerprint density at radius 3 is 3.05 bits per heavy atom. The molecule has 1 aromatic rings. The quantitative estimate of drug-likeness (QED) is 0.808. The summed E-state index contributed by atoms with van der Waals surface area (Å²) in [6.07, 6.45) is 2.41. The molecule has 0 aromatic carbocycles. The first-order chi connectivity index (χ1) is 9.04. The van der Waals surface area contributed by atoms with Crippen molar-refractivity contribution in [3.63, 3.8) is 0 Å². The largest absolute Gasteiger partial charge is 0.381 e. The van der Waals surface area contributed by atoms with Crippen molar-refractivity contribution in [1.82, 2.24) is 9.71 Å². The SMILES string of the molecule is CC(NS(=O)(=O)c1cccnc1CN)C1CCOC1. The smallest absolute Gasteiger partial charge is 0.242 e. The van der Waals surface area contributed by atoms with Gasteiger partial charge in [-0.25, -0.2) is 13.1 Å². The number of aromatic nitrogens is 1. The van der Waals surface area contributed by atoms with Crippen LogP contribution in [0.3, 0.4) is 0 Å². The second-order valence-corrected chi connectivity index (χ2v) is 6.37. The van der Waals surface area contributed by atoms with Crippen molar-refractivity contribution in [2.45, 2.75) is 30.8 Å². The summed E-state index contributed by atoms with van der Waals surface area (Å²) in [6, 6.07) is 2.95. The highest BCUT2D eigenvalue weighted by Crippen LogP contribution is 2.19. The minimum atomic E-state index is -3.59. The standard InChI is InChI=1S/C12H19N3O3S/c1-9(10-4-6-18-8-10)15-19(16,17)12-3-2-5-14-11(12)7-13/h2-3,5,9-10,15H,4,6-8,13H2,1H3. The van der Waals surface area contributed by atoms with Crippen LogP contribution in [-0.2, 0) is 21.3 Å². The Morgan fingerprint density at radius 1 is 1.63 bits per heavy atom. The number of sulfonamides is 1. The van der Waals surface area contributed by atoms with E-state index in [1.165, 1.54) is 12.3 Å². The summed E-state index contributed by atoms with van der Waals surface area (Å²) < 4.78 is 32.6. The lowest BCUT2D eigenvalue weighted by Crippen LogP contribution is -2.38. The summed E-state index contributed by atoms with van der Waals surface area (Å²) in [7, 11) is -3.59. The van der Waals surface area contributed by atoms with Crippen LogP contribution in [0, 0.1) is 5.92 Å². The monoisotopic (exact) mass is 285 g/mol. The summed E-state index contributed by atoms with van der Waals surface area (Å²) in [6.45, 7) is 3.24. The minimum absolute atomic E-state index is 0.0952. The number of hydrogen-bond donors (Lipinski definition) is 2. The molecule has 0 amide bonds. The van der Waals surface area contributed by atoms with Gasteiger partial charge in [0.15, 0.2) is 0 Å². The van der Waals surface area contributed by atoms with Crippen molar-refractivity contribution in [2.24, 2.45) is 11.7 Å². The van der Waals surface area contributed by atoms with Crippen LogP contribution in [0.15, 0.2) is 23.2 Å². The van der Waals surface area contributed by atoms with E-state index < -0.39 is 10.0 Å². The van der Waals surface area contributed by atoms with Gasteiger partial charge in [0, 0.05) is 31.3 Å². The molecule has 106 valence electrons. The van der Waals surface area contributed by atoms with Crippen LogP contribution < -0.4 is 10.5 Å². The lowest BCUT2D eigenvalue weighted by Gasteiger charge is -2.19. The third-order valence-corrected chi connectivity index (χ3v) is 4.98. The second-order valence-electron chi connectivity index (χ2n) is 4.69. The molecule has 0 radical (unpaired) electrons. The first kappa shape index (κ1) is 14.4. The average molecular weight is 285 g/mol. The molecule has 1 saturated heterocycles. The van der Waals surface area contributed by atoms with Gasteiger partial charge >= 0.3 is 0 Å². The summed E-state index contributed by atoms with van der Waals surface area (Å²) >= 11 is 0. The van der Waals surface area contributed by atoms with E-state index in [0.717, 1.165) is 6.42 Å². The van der Waals surface area contributed by atoms with Crippen LogP contribution >= 0.6 is 0 Å². The van der Waals surface area contributed by atoms with Gasteiger partial charge in [0.2, 0.25) is 10.0 Å². The van der Waals surface area contributed by atoms with Crippen LogP contribution in [0.25, 0.3) is 0 Å². The van der Waals surface area contributed by atoms with Crippen LogP contribution in [0.2, 0.25) is 0 Å². The molecule has 2 rings (SSSR count). The van der Waals surface area contributed by atoms with Gasteiger partial charge in [-0.05, 0) is 25.5 Å². The third kappa shape index (κ3) is 3.30. The molecule has 0 spiro atoms. The fourth-order valence-electron chi connectivity index (χ4n) is 2.17. The zero-order valence-electron chi connectivity index (χ0n) is 10.9. The number of nitrogens with zero attached hydrogens (tertiary/aromatic N) is 1. The van der Waals surface area contributed by atoms with Gasteiger partial charge in [0.05, 0.1) is 12.3 Å². The summed E-state index contributed by atoms with van der Waals surface area (Å²) in [5.74, 6) is 0.216.